The van der Waals surface area contributed by atoms with E-state index in [9.17, 15) is 10.0 Å². The van der Waals surface area contributed by atoms with Crippen molar-refractivity contribution in [2.24, 2.45) is 0 Å². The van der Waals surface area contributed by atoms with Gasteiger partial charge in [-0.1, -0.05) is 0 Å². The van der Waals surface area contributed by atoms with E-state index in [1.165, 1.54) is 7.11 Å². The zero-order valence-corrected chi connectivity index (χ0v) is 5.37. The molecule has 0 aliphatic rings. The molecule has 0 radical (unpaired) electrons. The molecule has 4 nitrogen and oxygen atoms in total. The molecule has 0 aromatic heterocycles. The minimum atomic E-state index is -0.0661. The zero-order chi connectivity index (χ0) is 7.11. The Hall–Kier alpha value is -0.450. The molecule has 9 heavy (non-hydrogen) atoms. The summed E-state index contributed by atoms with van der Waals surface area (Å²) in [5.74, 6) is 0. The molecular weight excluding hydrogens is 122 g/mol. The van der Waals surface area contributed by atoms with E-state index in [1.54, 1.807) is 0 Å². The Bertz CT molecular complexity index is 76.6. The van der Waals surface area contributed by atoms with Crippen molar-refractivity contribution >= 4 is 6.29 Å². The van der Waals surface area contributed by atoms with Gasteiger partial charge >= 0.3 is 0 Å². The Morgan fingerprint density at radius 2 is 2.44 bits per heavy atom. The maximum Gasteiger partial charge on any atom is 0.133 e. The molecule has 4 heteroatoms. The van der Waals surface area contributed by atoms with Gasteiger partial charge in [-0.3, -0.25) is 0 Å². The summed E-state index contributed by atoms with van der Waals surface area (Å²) in [6.45, 7) is 0.565. The third-order valence-corrected chi connectivity index (χ3v) is 0.823. The lowest BCUT2D eigenvalue weighted by molar-refractivity contribution is -0.108. The van der Waals surface area contributed by atoms with Crippen molar-refractivity contribution in [3.63, 3.8) is 0 Å². The number of nitrogens with zero attached hydrogens (tertiary/aromatic N) is 1. The van der Waals surface area contributed by atoms with Gasteiger partial charge in [-0.15, -0.1) is 0 Å². The van der Waals surface area contributed by atoms with Crippen LogP contribution >= 0.6 is 0 Å². The van der Waals surface area contributed by atoms with Crippen molar-refractivity contribution < 1.29 is 9.53 Å². The minimum absolute atomic E-state index is 0.0661. The van der Waals surface area contributed by atoms with Gasteiger partial charge in [0.15, 0.2) is 0 Å². The molecule has 0 spiro atoms. The number of hydrogen-bond donors (Lipinski definition) is 0. The lowest BCUT2D eigenvalue weighted by atomic mass is 10.6. The smallest absolute Gasteiger partial charge is 0.133 e. The molecule has 0 aliphatic carbocycles. The predicted molar refractivity (Wildman–Crippen MR) is 32.9 cm³/mol. The minimum Gasteiger partial charge on any atom is -0.785 e. The molecule has 54 valence electrons. The van der Waals surface area contributed by atoms with Gasteiger partial charge in [0.05, 0.1) is 6.61 Å². The van der Waals surface area contributed by atoms with Crippen LogP contribution in [0.15, 0.2) is 0 Å². The Morgan fingerprint density at radius 1 is 1.78 bits per heavy atom. The van der Waals surface area contributed by atoms with Gasteiger partial charge in [-0.05, 0) is 0 Å². The summed E-state index contributed by atoms with van der Waals surface area (Å²) in [6, 6.07) is 0. The van der Waals surface area contributed by atoms with E-state index in [2.05, 4.69) is 4.74 Å². The van der Waals surface area contributed by atoms with Crippen molar-refractivity contribution in [2.75, 3.05) is 26.8 Å². The van der Waals surface area contributed by atoms with Crippen molar-refractivity contribution in [1.82, 2.24) is 5.06 Å². The summed E-state index contributed by atoms with van der Waals surface area (Å²) in [5, 5.41) is 11.1. The first-order valence-corrected chi connectivity index (χ1v) is 2.66. The fraction of sp³-hybridized carbons (Fsp3) is 0.800. The fourth-order valence-corrected chi connectivity index (χ4v) is 0.368. The molecule has 0 aromatic carbocycles. The third-order valence-electron chi connectivity index (χ3n) is 0.823. The molecule has 0 amide bonds. The van der Waals surface area contributed by atoms with Gasteiger partial charge in [0.2, 0.25) is 0 Å². The second kappa shape index (κ2) is 5.68. The zero-order valence-electron chi connectivity index (χ0n) is 5.37. The largest absolute Gasteiger partial charge is 0.785 e. The normalized spacial score (nSPS) is 10.1. The van der Waals surface area contributed by atoms with Gasteiger partial charge in [-0.25, -0.2) is 0 Å². The molecule has 0 aromatic rings. The van der Waals surface area contributed by atoms with Crippen LogP contribution in [-0.2, 0) is 9.53 Å². The van der Waals surface area contributed by atoms with E-state index in [1.807, 2.05) is 0 Å². The number of ether oxygens (including phenoxy) is 1. The molecule has 0 bridgehead atoms. The van der Waals surface area contributed by atoms with Crippen LogP contribution in [0.1, 0.15) is 0 Å². The van der Waals surface area contributed by atoms with E-state index in [0.29, 0.717) is 18.0 Å². The van der Waals surface area contributed by atoms with Crippen molar-refractivity contribution in [2.45, 2.75) is 0 Å². The first-order chi connectivity index (χ1) is 4.31. The highest BCUT2D eigenvalue weighted by atomic mass is 16.5. The average molecular weight is 132 g/mol. The van der Waals surface area contributed by atoms with Crippen LogP contribution in [0.5, 0.6) is 0 Å². The highest BCUT2D eigenvalue weighted by Crippen LogP contribution is 1.79. The standard InChI is InChI=1S/C5H10NO3/c1-9-5-3-6(8)2-4-7/h4H,2-3,5H2,1H3/q-1. The second-order valence-corrected chi connectivity index (χ2v) is 1.55. The summed E-state index contributed by atoms with van der Waals surface area (Å²) in [7, 11) is 1.51. The predicted octanol–water partition coefficient (Wildman–Crippen LogP) is -0.369. The number of rotatable bonds is 5. The number of methoxy groups -OCH3 is 1. The summed E-state index contributed by atoms with van der Waals surface area (Å²) < 4.78 is 4.60. The first-order valence-electron chi connectivity index (χ1n) is 2.66. The van der Waals surface area contributed by atoms with E-state index >= 15 is 0 Å². The molecule has 0 atom stereocenters. The number of hydroxylamine groups is 2. The Kier molecular flexibility index (Phi) is 5.40. The Balaban J connectivity index is 3.04. The lowest BCUT2D eigenvalue weighted by Crippen LogP contribution is -2.22. The van der Waals surface area contributed by atoms with Gasteiger partial charge in [0, 0.05) is 20.2 Å². The average Bonchev–Trinajstić information content (AvgIpc) is 1.85. The summed E-state index contributed by atoms with van der Waals surface area (Å²) in [6.07, 6.45) is 0.572. The van der Waals surface area contributed by atoms with Crippen LogP contribution in [0, 0.1) is 5.21 Å². The first kappa shape index (κ1) is 8.55. The molecule has 0 heterocycles. The monoisotopic (exact) mass is 132 g/mol. The second-order valence-electron chi connectivity index (χ2n) is 1.55. The summed E-state index contributed by atoms with van der Waals surface area (Å²) >= 11 is 0. The molecule has 0 unspecified atom stereocenters. The quantitative estimate of drug-likeness (QED) is 0.378. The van der Waals surface area contributed by atoms with E-state index in [0.717, 1.165) is 0 Å². The van der Waals surface area contributed by atoms with Crippen molar-refractivity contribution in [3.05, 3.63) is 5.21 Å². The highest BCUT2D eigenvalue weighted by molar-refractivity contribution is 5.51. The maximum atomic E-state index is 10.4. The summed E-state index contributed by atoms with van der Waals surface area (Å²) in [4.78, 5) is 9.70. The van der Waals surface area contributed by atoms with Crippen LogP contribution in [0.3, 0.4) is 0 Å². The Morgan fingerprint density at radius 3 is 2.89 bits per heavy atom. The van der Waals surface area contributed by atoms with Gasteiger partial charge < -0.3 is 19.8 Å². The fourth-order valence-electron chi connectivity index (χ4n) is 0.368. The van der Waals surface area contributed by atoms with Gasteiger partial charge in [-0.2, -0.15) is 0 Å². The third kappa shape index (κ3) is 5.42. The lowest BCUT2D eigenvalue weighted by Gasteiger charge is -2.24. The molecule has 0 aliphatic heterocycles. The van der Waals surface area contributed by atoms with E-state index < -0.39 is 0 Å². The maximum absolute atomic E-state index is 10.4. The number of hydrogen-bond acceptors (Lipinski definition) is 4. The van der Waals surface area contributed by atoms with Crippen LogP contribution in [-0.4, -0.2) is 38.2 Å². The van der Waals surface area contributed by atoms with Crippen molar-refractivity contribution in [1.29, 1.82) is 0 Å². The number of aldehydes is 1. The molecule has 0 fully saturated rings. The van der Waals surface area contributed by atoms with E-state index in [-0.39, 0.29) is 13.1 Å². The number of carbonyl (C=O) groups excluding carboxylic acids is 1. The van der Waals surface area contributed by atoms with Crippen LogP contribution in [0.25, 0.3) is 0 Å². The number of carbonyl (C=O) groups is 1. The van der Waals surface area contributed by atoms with Crippen LogP contribution < -0.4 is 0 Å². The summed E-state index contributed by atoms with van der Waals surface area (Å²) in [5.41, 5.74) is 0. The van der Waals surface area contributed by atoms with Gasteiger partial charge in [0.1, 0.15) is 6.29 Å². The van der Waals surface area contributed by atoms with E-state index in [4.69, 9.17) is 0 Å². The Labute approximate surface area is 54.0 Å². The highest BCUT2D eigenvalue weighted by Gasteiger charge is 1.86. The van der Waals surface area contributed by atoms with Crippen LogP contribution in [0.4, 0.5) is 0 Å². The molecule has 0 N–H and O–H groups in total. The molecular formula is C5H10NO3-. The van der Waals surface area contributed by atoms with Crippen molar-refractivity contribution in [3.8, 4) is 0 Å². The topological polar surface area (TPSA) is 52.6 Å². The molecule has 0 saturated heterocycles. The SMILES string of the molecule is COCCN([O-])CC=O. The van der Waals surface area contributed by atoms with Gasteiger partial charge in [0.25, 0.3) is 0 Å². The molecule has 0 rings (SSSR count). The molecule has 0 saturated carbocycles. The van der Waals surface area contributed by atoms with Crippen LogP contribution in [0.2, 0.25) is 0 Å².